The monoisotopic (exact) mass is 427 g/mol. The summed E-state index contributed by atoms with van der Waals surface area (Å²) < 4.78 is 7.14. The zero-order chi connectivity index (χ0) is 20.4. The molecule has 2 heterocycles. The lowest BCUT2D eigenvalue weighted by molar-refractivity contribution is -0.384. The maximum absolute atomic E-state index is 12.5. The molecule has 0 radical (unpaired) electrons. The Morgan fingerprint density at radius 2 is 1.93 bits per heavy atom. The van der Waals surface area contributed by atoms with Crippen LogP contribution in [-0.2, 0) is 16.1 Å². The Morgan fingerprint density at radius 1 is 1.32 bits per heavy atom. The first kappa shape index (κ1) is 20.4. The van der Waals surface area contributed by atoms with Gasteiger partial charge in [-0.1, -0.05) is 23.2 Å². The van der Waals surface area contributed by atoms with Crippen molar-refractivity contribution in [3.63, 3.8) is 0 Å². The average molecular weight is 428 g/mol. The smallest absolute Gasteiger partial charge is 0.272 e. The van der Waals surface area contributed by atoms with Crippen LogP contribution in [0.15, 0.2) is 24.5 Å². The Labute approximate surface area is 171 Å². The molecule has 11 heteroatoms. The number of hydrogen-bond acceptors (Lipinski definition) is 6. The maximum atomic E-state index is 12.5. The highest BCUT2D eigenvalue weighted by molar-refractivity contribution is 6.39. The van der Waals surface area contributed by atoms with Gasteiger partial charge in [0.2, 0.25) is 5.91 Å². The number of ether oxygens (including phenoxy) is 1. The molecule has 1 amide bonds. The quantitative estimate of drug-likeness (QED) is 0.578. The van der Waals surface area contributed by atoms with Gasteiger partial charge in [-0.15, -0.1) is 0 Å². The van der Waals surface area contributed by atoms with Gasteiger partial charge in [0.1, 0.15) is 6.54 Å². The van der Waals surface area contributed by atoms with Crippen LogP contribution in [0.5, 0.6) is 0 Å². The molecule has 1 aliphatic heterocycles. The summed E-state index contributed by atoms with van der Waals surface area (Å²) in [6.45, 7) is 5.04. The molecule has 1 aromatic carbocycles. The minimum absolute atomic E-state index is 0.00558. The van der Waals surface area contributed by atoms with E-state index in [1.807, 2.05) is 13.8 Å². The van der Waals surface area contributed by atoms with Crippen molar-refractivity contribution in [3.05, 3.63) is 44.7 Å². The summed E-state index contributed by atoms with van der Waals surface area (Å²) in [7, 11) is 0. The van der Waals surface area contributed by atoms with E-state index in [-0.39, 0.29) is 40.4 Å². The number of hydrogen-bond donors (Lipinski definition) is 1. The average Bonchev–Trinajstić information content (AvgIpc) is 3.04. The molecule has 0 spiro atoms. The van der Waals surface area contributed by atoms with E-state index in [9.17, 15) is 14.9 Å². The molecule has 150 valence electrons. The van der Waals surface area contributed by atoms with Gasteiger partial charge >= 0.3 is 0 Å². The molecule has 9 nitrogen and oxygen atoms in total. The van der Waals surface area contributed by atoms with Crippen molar-refractivity contribution >= 4 is 46.2 Å². The summed E-state index contributed by atoms with van der Waals surface area (Å²) in [6, 6.07) is 2.43. The predicted molar refractivity (Wildman–Crippen MR) is 105 cm³/mol. The highest BCUT2D eigenvalue weighted by Gasteiger charge is 2.26. The molecule has 1 saturated heterocycles. The molecule has 2 unspecified atom stereocenters. The Bertz CT molecular complexity index is 870. The molecular formula is C17H19Cl2N5O4. The van der Waals surface area contributed by atoms with E-state index in [1.165, 1.54) is 23.0 Å². The van der Waals surface area contributed by atoms with E-state index in [4.69, 9.17) is 27.9 Å². The van der Waals surface area contributed by atoms with Crippen molar-refractivity contribution in [2.45, 2.75) is 32.6 Å². The summed E-state index contributed by atoms with van der Waals surface area (Å²) >= 11 is 12.2. The molecular weight excluding hydrogens is 409 g/mol. The van der Waals surface area contributed by atoms with Gasteiger partial charge in [0.05, 0.1) is 44.7 Å². The van der Waals surface area contributed by atoms with Gasteiger partial charge in [-0.3, -0.25) is 19.6 Å². The molecule has 0 saturated carbocycles. The number of nitro benzene ring substituents is 1. The lowest BCUT2D eigenvalue weighted by atomic mass is 10.2. The third-order valence-electron chi connectivity index (χ3n) is 4.21. The lowest BCUT2D eigenvalue weighted by Gasteiger charge is -2.35. The molecule has 0 bridgehead atoms. The first-order valence-corrected chi connectivity index (χ1v) is 9.34. The number of nitrogens with zero attached hydrogens (tertiary/aromatic N) is 4. The highest BCUT2D eigenvalue weighted by Crippen LogP contribution is 2.36. The number of benzene rings is 1. The zero-order valence-electron chi connectivity index (χ0n) is 15.3. The van der Waals surface area contributed by atoms with E-state index < -0.39 is 4.92 Å². The van der Waals surface area contributed by atoms with Gasteiger partial charge in [0.15, 0.2) is 0 Å². The van der Waals surface area contributed by atoms with Crippen LogP contribution in [0.25, 0.3) is 0 Å². The van der Waals surface area contributed by atoms with Crippen LogP contribution in [0.1, 0.15) is 13.8 Å². The Kier molecular flexibility index (Phi) is 6.07. The molecule has 1 N–H and O–H groups in total. The minimum atomic E-state index is -0.571. The molecule has 28 heavy (non-hydrogen) atoms. The fraction of sp³-hybridized carbons (Fsp3) is 0.412. The fourth-order valence-electron chi connectivity index (χ4n) is 3.06. The molecule has 2 aromatic rings. The van der Waals surface area contributed by atoms with Crippen molar-refractivity contribution in [2.24, 2.45) is 0 Å². The normalized spacial score (nSPS) is 19.5. The number of carbonyl (C=O) groups is 1. The number of amides is 1. The van der Waals surface area contributed by atoms with Gasteiger partial charge in [-0.05, 0) is 13.8 Å². The lowest BCUT2D eigenvalue weighted by Crippen LogP contribution is -2.49. The molecule has 1 aliphatic rings. The first-order chi connectivity index (χ1) is 13.2. The second-order valence-corrected chi connectivity index (χ2v) is 7.46. The van der Waals surface area contributed by atoms with Crippen LogP contribution in [-0.4, -0.2) is 50.8 Å². The van der Waals surface area contributed by atoms with Crippen molar-refractivity contribution in [2.75, 3.05) is 18.4 Å². The number of rotatable bonds is 5. The van der Waals surface area contributed by atoms with E-state index >= 15 is 0 Å². The summed E-state index contributed by atoms with van der Waals surface area (Å²) in [4.78, 5) is 24.6. The number of nitrogens with one attached hydrogen (secondary N) is 1. The zero-order valence-corrected chi connectivity index (χ0v) is 16.8. The Morgan fingerprint density at radius 3 is 2.50 bits per heavy atom. The van der Waals surface area contributed by atoms with Crippen molar-refractivity contribution in [1.29, 1.82) is 0 Å². The van der Waals surface area contributed by atoms with Crippen molar-refractivity contribution in [3.8, 4) is 0 Å². The summed E-state index contributed by atoms with van der Waals surface area (Å²) in [6.07, 6.45) is 3.15. The van der Waals surface area contributed by atoms with E-state index in [0.29, 0.717) is 24.5 Å². The number of anilines is 2. The maximum Gasteiger partial charge on any atom is 0.272 e. The van der Waals surface area contributed by atoms with Gasteiger partial charge < -0.3 is 15.0 Å². The van der Waals surface area contributed by atoms with E-state index in [1.54, 1.807) is 11.1 Å². The number of carbonyl (C=O) groups excluding carboxylic acids is 1. The number of non-ortho nitro benzene ring substituents is 1. The van der Waals surface area contributed by atoms with Gasteiger partial charge in [-0.25, -0.2) is 0 Å². The van der Waals surface area contributed by atoms with Gasteiger partial charge in [0, 0.05) is 31.4 Å². The third-order valence-corrected chi connectivity index (χ3v) is 4.81. The van der Waals surface area contributed by atoms with Crippen LogP contribution < -0.4 is 5.32 Å². The number of morpholine rings is 1. The summed E-state index contributed by atoms with van der Waals surface area (Å²) in [5, 5.41) is 18.2. The summed E-state index contributed by atoms with van der Waals surface area (Å²) in [5.74, 6) is -0.0527. The van der Waals surface area contributed by atoms with E-state index in [0.717, 1.165) is 0 Å². The molecule has 1 fully saturated rings. The van der Waals surface area contributed by atoms with Crippen molar-refractivity contribution < 1.29 is 14.5 Å². The third kappa shape index (κ3) is 4.73. The second-order valence-electron chi connectivity index (χ2n) is 6.65. The van der Waals surface area contributed by atoms with Crippen LogP contribution in [0.4, 0.5) is 17.1 Å². The first-order valence-electron chi connectivity index (χ1n) is 8.59. The molecule has 2 atom stereocenters. The largest absolute Gasteiger partial charge is 0.372 e. The van der Waals surface area contributed by atoms with Crippen LogP contribution in [0.2, 0.25) is 10.0 Å². The van der Waals surface area contributed by atoms with Gasteiger partial charge in [0.25, 0.3) is 5.69 Å². The van der Waals surface area contributed by atoms with Gasteiger partial charge in [-0.2, -0.15) is 5.10 Å². The summed E-state index contributed by atoms with van der Waals surface area (Å²) in [5.41, 5.74) is 0.681. The SMILES string of the molecule is CC1CN(C(=O)Cn2cc(Nc3c(Cl)cc([N+](=O)[O-])cc3Cl)cn2)CC(C)O1. The minimum Gasteiger partial charge on any atom is -0.372 e. The number of aromatic nitrogens is 2. The topological polar surface area (TPSA) is 103 Å². The van der Waals surface area contributed by atoms with Crippen molar-refractivity contribution in [1.82, 2.24) is 14.7 Å². The van der Waals surface area contributed by atoms with Crippen LogP contribution in [0, 0.1) is 10.1 Å². The second kappa shape index (κ2) is 8.34. The number of nitro groups is 1. The molecule has 3 rings (SSSR count). The Hall–Kier alpha value is -2.36. The van der Waals surface area contributed by atoms with Crippen LogP contribution >= 0.6 is 23.2 Å². The van der Waals surface area contributed by atoms with E-state index in [2.05, 4.69) is 10.4 Å². The predicted octanol–water partition coefficient (Wildman–Crippen LogP) is 3.48. The fourth-order valence-corrected chi connectivity index (χ4v) is 3.63. The molecule has 0 aliphatic carbocycles. The Balaban J connectivity index is 1.68. The standard InChI is InChI=1S/C17H19Cl2N5O4/c1-10-6-22(7-11(2)28-10)16(25)9-23-8-12(5-20-23)21-17-14(18)3-13(24(26)27)4-15(17)19/h3-5,8,10-11,21H,6-7,9H2,1-2H3. The number of halogens is 2. The highest BCUT2D eigenvalue weighted by atomic mass is 35.5. The molecule has 1 aromatic heterocycles. The van der Waals surface area contributed by atoms with Crippen LogP contribution in [0.3, 0.4) is 0 Å².